The van der Waals surface area contributed by atoms with Gasteiger partial charge in [0.05, 0.1) is 22.2 Å². The first-order valence-electron chi connectivity index (χ1n) is 6.21. The van der Waals surface area contributed by atoms with Crippen LogP contribution in [-0.2, 0) is 4.74 Å². The van der Waals surface area contributed by atoms with Crippen molar-refractivity contribution in [2.24, 2.45) is 11.7 Å². The highest BCUT2D eigenvalue weighted by Crippen LogP contribution is 2.37. The van der Waals surface area contributed by atoms with Gasteiger partial charge in [-0.3, -0.25) is 4.79 Å². The van der Waals surface area contributed by atoms with E-state index in [-0.39, 0.29) is 28.2 Å². The van der Waals surface area contributed by atoms with E-state index in [0.29, 0.717) is 12.5 Å². The number of nitrogens with one attached hydrogen (secondary N) is 1. The lowest BCUT2D eigenvalue weighted by Crippen LogP contribution is -2.69. The van der Waals surface area contributed by atoms with Gasteiger partial charge in [-0.2, -0.15) is 0 Å². The van der Waals surface area contributed by atoms with Crippen molar-refractivity contribution in [3.8, 4) is 0 Å². The zero-order chi connectivity index (χ0) is 13.6. The molecule has 3 N–H and O–H groups in total. The third-order valence-electron chi connectivity index (χ3n) is 3.94. The molecule has 0 spiro atoms. The molecule has 0 radical (unpaired) electrons. The fraction of sp³-hybridized carbons (Fsp3) is 0.462. The maximum atomic E-state index is 13.8. The van der Waals surface area contributed by atoms with Gasteiger partial charge >= 0.3 is 0 Å². The van der Waals surface area contributed by atoms with Gasteiger partial charge in [0.2, 0.25) is 0 Å². The molecule has 1 heterocycles. The Kier molecular flexibility index (Phi) is 3.32. The minimum absolute atomic E-state index is 0.0167. The van der Waals surface area contributed by atoms with Gasteiger partial charge in [0, 0.05) is 18.6 Å². The van der Waals surface area contributed by atoms with Crippen molar-refractivity contribution in [2.45, 2.75) is 24.6 Å². The highest BCUT2D eigenvalue weighted by atomic mass is 79.9. The fourth-order valence-electron chi connectivity index (χ4n) is 2.84. The number of fused-ring (bicyclic) bond motifs is 1. The summed E-state index contributed by atoms with van der Waals surface area (Å²) in [4.78, 5) is 12.1. The van der Waals surface area contributed by atoms with Crippen molar-refractivity contribution in [2.75, 3.05) is 6.61 Å². The largest absolute Gasteiger partial charge is 0.376 e. The van der Waals surface area contributed by atoms with Gasteiger partial charge in [-0.1, -0.05) is 6.07 Å². The molecule has 6 heteroatoms. The van der Waals surface area contributed by atoms with Crippen molar-refractivity contribution in [1.29, 1.82) is 0 Å². The lowest BCUT2D eigenvalue weighted by atomic mass is 9.72. The quantitative estimate of drug-likeness (QED) is 0.863. The summed E-state index contributed by atoms with van der Waals surface area (Å²) in [7, 11) is 0. The number of hydrogen-bond donors (Lipinski definition) is 2. The molecule has 4 unspecified atom stereocenters. The van der Waals surface area contributed by atoms with E-state index >= 15 is 0 Å². The summed E-state index contributed by atoms with van der Waals surface area (Å²) in [5.41, 5.74) is 6.02. The molecule has 1 amide bonds. The molecule has 19 heavy (non-hydrogen) atoms. The Morgan fingerprint density at radius 3 is 3.11 bits per heavy atom. The van der Waals surface area contributed by atoms with Crippen LogP contribution in [0, 0.1) is 11.7 Å². The molecule has 1 aliphatic carbocycles. The van der Waals surface area contributed by atoms with E-state index < -0.39 is 11.7 Å². The summed E-state index contributed by atoms with van der Waals surface area (Å²) in [5, 5.41) is 2.77. The van der Waals surface area contributed by atoms with Crippen LogP contribution in [0.15, 0.2) is 22.7 Å². The first-order chi connectivity index (χ1) is 9.09. The van der Waals surface area contributed by atoms with E-state index in [2.05, 4.69) is 21.2 Å². The third-order valence-corrected chi connectivity index (χ3v) is 4.55. The van der Waals surface area contributed by atoms with Crippen LogP contribution in [0.1, 0.15) is 16.8 Å². The van der Waals surface area contributed by atoms with Crippen LogP contribution in [0.2, 0.25) is 0 Å². The predicted octanol–water partition coefficient (Wildman–Crippen LogP) is 1.43. The number of hydrogen-bond acceptors (Lipinski definition) is 3. The Morgan fingerprint density at radius 1 is 1.53 bits per heavy atom. The topological polar surface area (TPSA) is 64.3 Å². The lowest BCUT2D eigenvalue weighted by molar-refractivity contribution is -0.0161. The maximum absolute atomic E-state index is 13.8. The van der Waals surface area contributed by atoms with Crippen molar-refractivity contribution >= 4 is 21.8 Å². The van der Waals surface area contributed by atoms with Gasteiger partial charge in [-0.15, -0.1) is 0 Å². The van der Waals surface area contributed by atoms with E-state index in [1.54, 1.807) is 12.1 Å². The Morgan fingerprint density at radius 2 is 2.32 bits per heavy atom. The van der Waals surface area contributed by atoms with Crippen molar-refractivity contribution in [3.05, 3.63) is 34.1 Å². The van der Waals surface area contributed by atoms with E-state index in [4.69, 9.17) is 10.5 Å². The maximum Gasteiger partial charge on any atom is 0.254 e. The van der Waals surface area contributed by atoms with Gasteiger partial charge in [0.25, 0.3) is 5.91 Å². The SMILES string of the molecule is NC1C2CCOC2C1NC(=O)c1cccc(Br)c1F. The summed E-state index contributed by atoms with van der Waals surface area (Å²) in [6, 6.07) is 4.30. The van der Waals surface area contributed by atoms with Crippen LogP contribution in [0.5, 0.6) is 0 Å². The predicted molar refractivity (Wildman–Crippen MR) is 71.2 cm³/mol. The van der Waals surface area contributed by atoms with E-state index in [9.17, 15) is 9.18 Å². The van der Waals surface area contributed by atoms with Crippen LogP contribution in [-0.4, -0.2) is 30.7 Å². The Bertz CT molecular complexity index is 525. The molecule has 2 fully saturated rings. The first-order valence-corrected chi connectivity index (χ1v) is 7.01. The second-order valence-electron chi connectivity index (χ2n) is 4.97. The van der Waals surface area contributed by atoms with Crippen molar-refractivity contribution in [3.63, 3.8) is 0 Å². The smallest absolute Gasteiger partial charge is 0.254 e. The molecule has 4 nitrogen and oxygen atoms in total. The summed E-state index contributed by atoms with van der Waals surface area (Å²) in [5.74, 6) is -0.692. The number of amides is 1. The standard InChI is InChI=1S/C13H14BrFN2O2/c14-8-3-1-2-6(9(8)15)13(18)17-11-10(16)7-4-5-19-12(7)11/h1-3,7,10-12H,4-5,16H2,(H,17,18). The number of benzene rings is 1. The average Bonchev–Trinajstić information content (AvgIpc) is 2.83. The first kappa shape index (κ1) is 13.0. The Hall–Kier alpha value is -0.980. The zero-order valence-electron chi connectivity index (χ0n) is 10.1. The van der Waals surface area contributed by atoms with Gasteiger partial charge in [0.15, 0.2) is 0 Å². The van der Waals surface area contributed by atoms with Gasteiger partial charge < -0.3 is 15.8 Å². The average molecular weight is 329 g/mol. The molecule has 1 aromatic carbocycles. The number of ether oxygens (including phenoxy) is 1. The Balaban J connectivity index is 1.73. The van der Waals surface area contributed by atoms with Gasteiger partial charge in [0.1, 0.15) is 5.82 Å². The highest BCUT2D eigenvalue weighted by molar-refractivity contribution is 9.10. The zero-order valence-corrected chi connectivity index (χ0v) is 11.7. The van der Waals surface area contributed by atoms with Crippen LogP contribution in [0.3, 0.4) is 0 Å². The molecule has 1 saturated carbocycles. The highest BCUT2D eigenvalue weighted by Gasteiger charge is 2.52. The second-order valence-corrected chi connectivity index (χ2v) is 5.82. The molecule has 1 aliphatic heterocycles. The molecule has 102 valence electrons. The summed E-state index contributed by atoms with van der Waals surface area (Å²) >= 11 is 3.06. The van der Waals surface area contributed by atoms with E-state index in [1.807, 2.05) is 0 Å². The summed E-state index contributed by atoms with van der Waals surface area (Å²) in [6.45, 7) is 0.681. The van der Waals surface area contributed by atoms with E-state index in [0.717, 1.165) is 6.42 Å². The van der Waals surface area contributed by atoms with Crippen LogP contribution in [0.25, 0.3) is 0 Å². The van der Waals surface area contributed by atoms with Crippen molar-refractivity contribution in [1.82, 2.24) is 5.32 Å². The normalized spacial score (nSPS) is 32.6. The number of rotatable bonds is 2. The number of halogens is 2. The summed E-state index contributed by atoms with van der Waals surface area (Å²) < 4.78 is 19.6. The van der Waals surface area contributed by atoms with Gasteiger partial charge in [-0.25, -0.2) is 4.39 Å². The minimum atomic E-state index is -0.559. The third kappa shape index (κ3) is 2.07. The number of carbonyl (C=O) groups excluding carboxylic acids is 1. The molecule has 0 bridgehead atoms. The number of carbonyl (C=O) groups is 1. The molecule has 3 rings (SSSR count). The van der Waals surface area contributed by atoms with Crippen LogP contribution in [0.4, 0.5) is 4.39 Å². The van der Waals surface area contributed by atoms with Gasteiger partial charge in [-0.05, 0) is 34.5 Å². The fourth-order valence-corrected chi connectivity index (χ4v) is 3.20. The molecule has 4 atom stereocenters. The molecule has 1 saturated heterocycles. The van der Waals surface area contributed by atoms with Crippen LogP contribution < -0.4 is 11.1 Å². The second kappa shape index (κ2) is 4.85. The number of nitrogens with two attached hydrogens (primary N) is 1. The summed E-state index contributed by atoms with van der Waals surface area (Å²) in [6.07, 6.45) is 0.915. The van der Waals surface area contributed by atoms with Crippen molar-refractivity contribution < 1.29 is 13.9 Å². The van der Waals surface area contributed by atoms with Crippen LogP contribution >= 0.6 is 15.9 Å². The molecule has 0 aromatic heterocycles. The molecular weight excluding hydrogens is 315 g/mol. The monoisotopic (exact) mass is 328 g/mol. The molecule has 2 aliphatic rings. The van der Waals surface area contributed by atoms with E-state index in [1.165, 1.54) is 6.07 Å². The Labute approximate surface area is 118 Å². The molecular formula is C13H14BrFN2O2. The lowest BCUT2D eigenvalue weighted by Gasteiger charge is -2.45. The molecule has 1 aromatic rings. The minimum Gasteiger partial charge on any atom is -0.376 e.